The number of methoxy groups -OCH3 is 1. The van der Waals surface area contributed by atoms with Gasteiger partial charge in [0.2, 0.25) is 0 Å². The second-order valence-corrected chi connectivity index (χ2v) is 6.68. The zero-order valence-electron chi connectivity index (χ0n) is 16.6. The Kier molecular flexibility index (Phi) is 6.87. The van der Waals surface area contributed by atoms with Crippen molar-refractivity contribution in [2.75, 3.05) is 12.4 Å². The third-order valence-corrected chi connectivity index (χ3v) is 4.66. The molecule has 0 unspecified atom stereocenters. The lowest BCUT2D eigenvalue weighted by Gasteiger charge is -2.05. The van der Waals surface area contributed by atoms with E-state index in [9.17, 15) is 27.2 Å². The van der Waals surface area contributed by atoms with Crippen molar-refractivity contribution in [2.45, 2.75) is 32.9 Å². The van der Waals surface area contributed by atoms with Crippen LogP contribution < -0.4 is 5.32 Å². The van der Waals surface area contributed by atoms with Gasteiger partial charge in [-0.05, 0) is 19.1 Å². The van der Waals surface area contributed by atoms with Gasteiger partial charge >= 0.3 is 5.97 Å². The van der Waals surface area contributed by atoms with Crippen LogP contribution in [0.3, 0.4) is 0 Å². The second-order valence-electron chi connectivity index (χ2n) is 6.30. The molecule has 0 aliphatic heterocycles. The fourth-order valence-corrected chi connectivity index (χ4v) is 3.08. The predicted octanol–water partition coefficient (Wildman–Crippen LogP) is 4.31. The van der Waals surface area contributed by atoms with Crippen LogP contribution in [-0.2, 0) is 17.8 Å². The number of ether oxygens (including phenoxy) is 1. The minimum absolute atomic E-state index is 0.0190. The van der Waals surface area contributed by atoms with Gasteiger partial charge in [-0.3, -0.25) is 14.2 Å². The van der Waals surface area contributed by atoms with Crippen molar-refractivity contribution in [3.8, 4) is 0 Å². The molecule has 0 bridgehead atoms. The van der Waals surface area contributed by atoms with Gasteiger partial charge in [0.1, 0.15) is 17.1 Å². The molecular weight excluding hydrogens is 462 g/mol. The highest BCUT2D eigenvalue weighted by atomic mass is 35.5. The normalized spacial score (nSPS) is 11.4. The summed E-state index contributed by atoms with van der Waals surface area (Å²) in [5.41, 5.74) is -1.92. The first-order chi connectivity index (χ1) is 15.2. The van der Waals surface area contributed by atoms with Crippen molar-refractivity contribution >= 4 is 29.2 Å². The number of nitrogens with one attached hydrogen (secondary N) is 1. The van der Waals surface area contributed by atoms with Gasteiger partial charge in [0, 0.05) is 12.7 Å². The molecule has 0 atom stereocenters. The van der Waals surface area contributed by atoms with Crippen molar-refractivity contribution in [2.24, 2.45) is 0 Å². The Labute approximate surface area is 182 Å². The van der Waals surface area contributed by atoms with E-state index in [-0.39, 0.29) is 22.9 Å². The van der Waals surface area contributed by atoms with Gasteiger partial charge in [-0.1, -0.05) is 11.6 Å². The quantitative estimate of drug-likeness (QED) is 0.383. The van der Waals surface area contributed by atoms with Crippen molar-refractivity contribution < 1.29 is 36.3 Å². The van der Waals surface area contributed by atoms with Crippen molar-refractivity contribution in [3.63, 3.8) is 0 Å². The lowest BCUT2D eigenvalue weighted by Crippen LogP contribution is -2.14. The van der Waals surface area contributed by atoms with Crippen LogP contribution in [0.4, 0.5) is 23.2 Å². The first kappa shape index (κ1) is 23.3. The third kappa shape index (κ3) is 4.61. The van der Waals surface area contributed by atoms with E-state index < -0.39 is 47.7 Å². The minimum atomic E-state index is -3.16. The molecule has 0 radical (unpaired) electrons. The van der Waals surface area contributed by atoms with E-state index in [0.29, 0.717) is 11.2 Å². The number of anilines is 1. The highest BCUT2D eigenvalue weighted by Gasteiger charge is 2.28. The fraction of sp³-hybridized carbons (Fsp3) is 0.333. The van der Waals surface area contributed by atoms with E-state index in [1.807, 2.05) is 0 Å². The van der Waals surface area contributed by atoms with E-state index in [2.05, 4.69) is 20.3 Å². The van der Waals surface area contributed by atoms with E-state index in [0.717, 1.165) is 7.11 Å². The van der Waals surface area contributed by atoms with Gasteiger partial charge in [0.15, 0.2) is 11.5 Å². The molecule has 1 N–H and O–H groups in total. The van der Waals surface area contributed by atoms with Gasteiger partial charge in [0.25, 0.3) is 18.8 Å². The average Bonchev–Trinajstić information content (AvgIpc) is 3.45. The number of rotatable bonds is 8. The maximum absolute atomic E-state index is 13.3. The maximum Gasteiger partial charge on any atom is 0.360 e. The molecule has 3 aromatic heterocycles. The van der Waals surface area contributed by atoms with Crippen molar-refractivity contribution in [1.82, 2.24) is 19.6 Å². The van der Waals surface area contributed by atoms with Crippen LogP contribution >= 0.6 is 11.6 Å². The van der Waals surface area contributed by atoms with Crippen LogP contribution in [-0.4, -0.2) is 38.5 Å². The van der Waals surface area contributed by atoms with Gasteiger partial charge in [-0.15, -0.1) is 0 Å². The lowest BCUT2D eigenvalue weighted by atomic mass is 10.3. The van der Waals surface area contributed by atoms with Gasteiger partial charge < -0.3 is 14.5 Å². The van der Waals surface area contributed by atoms with Crippen LogP contribution in [0.5, 0.6) is 0 Å². The fourth-order valence-electron chi connectivity index (χ4n) is 2.78. The summed E-state index contributed by atoms with van der Waals surface area (Å²) in [6, 6.07) is 2.53. The van der Waals surface area contributed by atoms with Gasteiger partial charge in [-0.25, -0.2) is 22.4 Å². The maximum atomic E-state index is 13.3. The van der Waals surface area contributed by atoms with E-state index >= 15 is 0 Å². The summed E-state index contributed by atoms with van der Waals surface area (Å²) in [5.74, 6) is -1.78. The lowest BCUT2D eigenvalue weighted by molar-refractivity contribution is 0.0594. The number of esters is 1. The summed E-state index contributed by atoms with van der Waals surface area (Å²) < 4.78 is 64.4. The molecule has 0 fully saturated rings. The van der Waals surface area contributed by atoms with Crippen molar-refractivity contribution in [3.05, 3.63) is 52.0 Å². The number of furan rings is 1. The Bertz CT molecular complexity index is 1140. The van der Waals surface area contributed by atoms with Crippen LogP contribution in [0, 0.1) is 0 Å². The molecule has 0 spiro atoms. The van der Waals surface area contributed by atoms with Crippen LogP contribution in [0.1, 0.15) is 58.0 Å². The highest BCUT2D eigenvalue weighted by Crippen LogP contribution is 2.35. The number of hydrogen-bond acceptors (Lipinski definition) is 6. The summed E-state index contributed by atoms with van der Waals surface area (Å²) in [4.78, 5) is 24.4. The molecule has 3 aromatic rings. The number of alkyl halides is 4. The number of amides is 1. The van der Waals surface area contributed by atoms with E-state index in [1.165, 1.54) is 23.0 Å². The molecule has 32 heavy (non-hydrogen) atoms. The first-order valence-electron chi connectivity index (χ1n) is 9.04. The Morgan fingerprint density at radius 3 is 2.53 bits per heavy atom. The van der Waals surface area contributed by atoms with Gasteiger partial charge in [0.05, 0.1) is 24.4 Å². The van der Waals surface area contributed by atoms with E-state index in [4.69, 9.17) is 16.0 Å². The topological polar surface area (TPSA) is 104 Å². The molecule has 0 saturated heterocycles. The van der Waals surface area contributed by atoms with Crippen LogP contribution in [0.15, 0.2) is 22.7 Å². The molecular formula is C18H16ClF4N5O4. The predicted molar refractivity (Wildman–Crippen MR) is 102 cm³/mol. The number of aryl methyl sites for hydroxylation is 1. The molecule has 0 aromatic carbocycles. The summed E-state index contributed by atoms with van der Waals surface area (Å²) in [6.45, 7) is 1.72. The number of hydrogen-bond donors (Lipinski definition) is 1. The molecule has 3 rings (SSSR count). The molecule has 14 heteroatoms. The molecule has 0 saturated carbocycles. The summed E-state index contributed by atoms with van der Waals surface area (Å²) >= 11 is 5.61. The summed E-state index contributed by atoms with van der Waals surface area (Å²) in [6.07, 6.45) is -4.89. The van der Waals surface area contributed by atoms with Gasteiger partial charge in [-0.2, -0.15) is 10.2 Å². The zero-order valence-corrected chi connectivity index (χ0v) is 17.4. The Balaban J connectivity index is 1.82. The Morgan fingerprint density at radius 2 is 1.94 bits per heavy atom. The van der Waals surface area contributed by atoms with E-state index in [1.54, 1.807) is 6.92 Å². The number of halogens is 5. The molecule has 172 valence electrons. The Morgan fingerprint density at radius 1 is 1.22 bits per heavy atom. The molecule has 0 aliphatic carbocycles. The third-order valence-electron chi connectivity index (χ3n) is 4.27. The number of aromatic nitrogens is 4. The largest absolute Gasteiger partial charge is 0.464 e. The smallest absolute Gasteiger partial charge is 0.360 e. The van der Waals surface area contributed by atoms with Crippen LogP contribution in [0.25, 0.3) is 0 Å². The average molecular weight is 478 g/mol. The Hall–Kier alpha value is -3.35. The molecule has 3 heterocycles. The first-order valence-corrected chi connectivity index (χ1v) is 9.42. The molecule has 1 amide bonds. The SMILES string of the molecule is CCn1cc(NC(=O)c2ccc(Cn3nc(C(F)F)c(Cl)c3C(F)F)o2)c(C(=O)OC)n1. The summed E-state index contributed by atoms with van der Waals surface area (Å²) in [5, 5.41) is 9.05. The summed E-state index contributed by atoms with van der Waals surface area (Å²) in [7, 11) is 1.16. The minimum Gasteiger partial charge on any atom is -0.464 e. The zero-order chi connectivity index (χ0) is 23.6. The number of carbonyl (C=O) groups is 2. The number of nitrogens with zero attached hydrogens (tertiary/aromatic N) is 4. The second kappa shape index (κ2) is 9.42. The van der Waals surface area contributed by atoms with Crippen LogP contribution in [0.2, 0.25) is 5.02 Å². The highest BCUT2D eigenvalue weighted by molar-refractivity contribution is 6.32. The molecule has 9 nitrogen and oxygen atoms in total. The van der Waals surface area contributed by atoms with Crippen molar-refractivity contribution in [1.29, 1.82) is 0 Å². The monoisotopic (exact) mass is 477 g/mol. The number of carbonyl (C=O) groups excluding carboxylic acids is 2. The molecule has 0 aliphatic rings. The standard InChI is InChI=1S/C18H16ClF4N5O4/c1-3-27-7-9(12(25-27)18(30)31-2)24-17(29)10-5-4-8(32-10)6-28-14(16(22)23)11(19)13(26-28)15(20)21/h4-5,7,15-16H,3,6H2,1-2H3,(H,24,29).